The number of carbonyl (C=O) groups excluding carboxylic acids is 1. The van der Waals surface area contributed by atoms with Crippen LogP contribution < -0.4 is 5.32 Å². The maximum Gasteiger partial charge on any atom is 0.317 e. The zero-order valence-corrected chi connectivity index (χ0v) is 13.6. The van der Waals surface area contributed by atoms with Crippen molar-refractivity contribution in [3.8, 4) is 5.82 Å². The summed E-state index contributed by atoms with van der Waals surface area (Å²) >= 11 is 0. The van der Waals surface area contributed by atoms with Gasteiger partial charge in [-0.25, -0.2) is 14.8 Å². The quantitative estimate of drug-likeness (QED) is 0.810. The molecule has 0 spiro atoms. The number of hydrogen-bond donors (Lipinski definition) is 2. The van der Waals surface area contributed by atoms with Gasteiger partial charge in [0.15, 0.2) is 0 Å². The Morgan fingerprint density at radius 3 is 2.74 bits per heavy atom. The molecular formula is C16H23N5O2. The predicted octanol–water partition coefficient (Wildman–Crippen LogP) is 1.49. The Labute approximate surface area is 136 Å². The van der Waals surface area contributed by atoms with Crippen LogP contribution in [0.15, 0.2) is 30.7 Å². The smallest absolute Gasteiger partial charge is 0.317 e. The Hall–Kier alpha value is -2.41. The monoisotopic (exact) mass is 317 g/mol. The van der Waals surface area contributed by atoms with Gasteiger partial charge < -0.3 is 15.3 Å². The molecule has 0 aromatic carbocycles. The fourth-order valence-corrected chi connectivity index (χ4v) is 2.28. The van der Waals surface area contributed by atoms with Gasteiger partial charge in [0.2, 0.25) is 0 Å². The highest BCUT2D eigenvalue weighted by molar-refractivity contribution is 5.74. The average molecular weight is 317 g/mol. The molecule has 7 heteroatoms. The first-order valence-electron chi connectivity index (χ1n) is 7.74. The summed E-state index contributed by atoms with van der Waals surface area (Å²) < 4.78 is 1.90. The van der Waals surface area contributed by atoms with Crippen molar-refractivity contribution in [1.29, 1.82) is 0 Å². The number of aliphatic hydroxyl groups is 1. The molecule has 0 radical (unpaired) electrons. The Morgan fingerprint density at radius 2 is 2.17 bits per heavy atom. The molecule has 2 aromatic rings. The molecule has 0 aliphatic carbocycles. The molecule has 7 nitrogen and oxygen atoms in total. The van der Waals surface area contributed by atoms with E-state index in [1.807, 2.05) is 36.7 Å². The summed E-state index contributed by atoms with van der Waals surface area (Å²) in [6, 6.07) is 3.65. The number of aryl methyl sites for hydroxylation is 1. The van der Waals surface area contributed by atoms with Gasteiger partial charge in [-0.05, 0) is 25.0 Å². The summed E-state index contributed by atoms with van der Waals surface area (Å²) in [6.07, 6.45) is 6.18. The van der Waals surface area contributed by atoms with Crippen LogP contribution in [0.25, 0.3) is 5.82 Å². The van der Waals surface area contributed by atoms with E-state index in [0.29, 0.717) is 19.6 Å². The molecule has 2 amide bonds. The summed E-state index contributed by atoms with van der Waals surface area (Å²) in [7, 11) is 0. The molecule has 2 rings (SSSR count). The van der Waals surface area contributed by atoms with Crippen LogP contribution in [-0.2, 0) is 6.54 Å². The molecular weight excluding hydrogens is 294 g/mol. The maximum atomic E-state index is 12.1. The first-order valence-corrected chi connectivity index (χ1v) is 7.74. The molecule has 0 aliphatic rings. The summed E-state index contributed by atoms with van der Waals surface area (Å²) in [5.74, 6) is 1.67. The SMILES string of the molecule is CCCN(CCO)C(=O)NCc1ccc(-n2ccnc2C)nc1. The molecule has 0 unspecified atom stereocenters. The van der Waals surface area contributed by atoms with E-state index in [-0.39, 0.29) is 12.6 Å². The normalized spacial score (nSPS) is 10.6. The summed E-state index contributed by atoms with van der Waals surface area (Å²) in [5.41, 5.74) is 0.917. The fraction of sp³-hybridized carbons (Fsp3) is 0.438. The fourth-order valence-electron chi connectivity index (χ4n) is 2.28. The number of imidazole rings is 1. The highest BCUT2D eigenvalue weighted by Gasteiger charge is 2.11. The van der Waals surface area contributed by atoms with E-state index in [9.17, 15) is 4.79 Å². The van der Waals surface area contributed by atoms with Crippen LogP contribution in [0.4, 0.5) is 4.79 Å². The van der Waals surface area contributed by atoms with E-state index in [2.05, 4.69) is 15.3 Å². The third-order valence-electron chi connectivity index (χ3n) is 3.48. The van der Waals surface area contributed by atoms with E-state index in [1.54, 1.807) is 17.3 Å². The third kappa shape index (κ3) is 4.53. The van der Waals surface area contributed by atoms with E-state index < -0.39 is 0 Å². The third-order valence-corrected chi connectivity index (χ3v) is 3.48. The van der Waals surface area contributed by atoms with Crippen molar-refractivity contribution in [3.05, 3.63) is 42.1 Å². The maximum absolute atomic E-state index is 12.1. The van der Waals surface area contributed by atoms with Crippen LogP contribution in [-0.4, -0.2) is 50.3 Å². The standard InChI is InChI=1S/C16H23N5O2/c1-3-7-20(9-10-22)16(23)19-12-14-4-5-15(18-11-14)21-8-6-17-13(21)2/h4-6,8,11,22H,3,7,9-10,12H2,1-2H3,(H,19,23). The number of pyridine rings is 1. The lowest BCUT2D eigenvalue weighted by Gasteiger charge is -2.21. The average Bonchev–Trinajstić information content (AvgIpc) is 2.99. The van der Waals surface area contributed by atoms with E-state index in [0.717, 1.165) is 23.6 Å². The minimum absolute atomic E-state index is 0.0338. The predicted molar refractivity (Wildman–Crippen MR) is 87.3 cm³/mol. The first kappa shape index (κ1) is 17.0. The van der Waals surface area contributed by atoms with Crippen molar-refractivity contribution >= 4 is 6.03 Å². The lowest BCUT2D eigenvalue weighted by atomic mass is 10.3. The van der Waals surface area contributed by atoms with Crippen molar-refractivity contribution in [1.82, 2.24) is 24.8 Å². The van der Waals surface area contributed by atoms with Crippen molar-refractivity contribution < 1.29 is 9.90 Å². The first-order chi connectivity index (χ1) is 11.2. The second-order valence-electron chi connectivity index (χ2n) is 5.24. The van der Waals surface area contributed by atoms with Crippen molar-refractivity contribution in [2.75, 3.05) is 19.7 Å². The topological polar surface area (TPSA) is 83.3 Å². The molecule has 2 heterocycles. The van der Waals surface area contributed by atoms with Gasteiger partial charge in [0.25, 0.3) is 0 Å². The van der Waals surface area contributed by atoms with Gasteiger partial charge in [0.1, 0.15) is 11.6 Å². The van der Waals surface area contributed by atoms with Gasteiger partial charge in [0.05, 0.1) is 6.61 Å². The molecule has 0 atom stereocenters. The number of aromatic nitrogens is 3. The Morgan fingerprint density at radius 1 is 1.35 bits per heavy atom. The van der Waals surface area contributed by atoms with Crippen molar-refractivity contribution in [3.63, 3.8) is 0 Å². The number of rotatable bonds is 7. The number of nitrogens with zero attached hydrogens (tertiary/aromatic N) is 4. The highest BCUT2D eigenvalue weighted by atomic mass is 16.3. The van der Waals surface area contributed by atoms with E-state index in [1.165, 1.54) is 0 Å². The number of carbonyl (C=O) groups is 1. The number of amides is 2. The second kappa shape index (κ2) is 8.28. The minimum atomic E-state index is -0.171. The Bertz CT molecular complexity index is 618. The van der Waals surface area contributed by atoms with Gasteiger partial charge in [-0.2, -0.15) is 0 Å². The van der Waals surface area contributed by atoms with Crippen molar-refractivity contribution in [2.24, 2.45) is 0 Å². The molecule has 0 fully saturated rings. The zero-order chi connectivity index (χ0) is 16.7. The van der Waals surface area contributed by atoms with Crippen LogP contribution in [0.3, 0.4) is 0 Å². The van der Waals surface area contributed by atoms with Crippen LogP contribution >= 0.6 is 0 Å². The largest absolute Gasteiger partial charge is 0.395 e. The van der Waals surface area contributed by atoms with Gasteiger partial charge >= 0.3 is 6.03 Å². The van der Waals surface area contributed by atoms with Crippen LogP contribution in [0.1, 0.15) is 24.7 Å². The summed E-state index contributed by atoms with van der Waals surface area (Å²) in [5, 5.41) is 11.9. The number of aliphatic hydroxyl groups excluding tert-OH is 1. The summed E-state index contributed by atoms with van der Waals surface area (Å²) in [4.78, 5) is 22.2. The van der Waals surface area contributed by atoms with Crippen molar-refractivity contribution in [2.45, 2.75) is 26.8 Å². The molecule has 0 bridgehead atoms. The minimum Gasteiger partial charge on any atom is -0.395 e. The van der Waals surface area contributed by atoms with Gasteiger partial charge in [-0.15, -0.1) is 0 Å². The summed E-state index contributed by atoms with van der Waals surface area (Å²) in [6.45, 7) is 5.26. The highest BCUT2D eigenvalue weighted by Crippen LogP contribution is 2.08. The van der Waals surface area contributed by atoms with Gasteiger partial charge in [0, 0.05) is 38.2 Å². The zero-order valence-electron chi connectivity index (χ0n) is 13.6. The molecule has 124 valence electrons. The molecule has 2 N–H and O–H groups in total. The Kier molecular flexibility index (Phi) is 6.10. The van der Waals surface area contributed by atoms with E-state index in [4.69, 9.17) is 5.11 Å². The van der Waals surface area contributed by atoms with Crippen LogP contribution in [0, 0.1) is 6.92 Å². The molecule has 0 aliphatic heterocycles. The van der Waals surface area contributed by atoms with Crippen LogP contribution in [0.2, 0.25) is 0 Å². The molecule has 23 heavy (non-hydrogen) atoms. The molecule has 0 saturated heterocycles. The number of urea groups is 1. The molecule has 0 saturated carbocycles. The van der Waals surface area contributed by atoms with Crippen LogP contribution in [0.5, 0.6) is 0 Å². The van der Waals surface area contributed by atoms with Gasteiger partial charge in [-0.3, -0.25) is 4.57 Å². The lowest BCUT2D eigenvalue weighted by Crippen LogP contribution is -2.41. The lowest BCUT2D eigenvalue weighted by molar-refractivity contribution is 0.177. The Balaban J connectivity index is 1.93. The number of hydrogen-bond acceptors (Lipinski definition) is 4. The van der Waals surface area contributed by atoms with Gasteiger partial charge in [-0.1, -0.05) is 13.0 Å². The number of nitrogens with one attached hydrogen (secondary N) is 1. The second-order valence-corrected chi connectivity index (χ2v) is 5.24. The van der Waals surface area contributed by atoms with E-state index >= 15 is 0 Å². The molecule has 2 aromatic heterocycles.